The van der Waals surface area contributed by atoms with Crippen molar-refractivity contribution in [2.45, 2.75) is 13.5 Å². The van der Waals surface area contributed by atoms with Crippen molar-refractivity contribution in [1.29, 1.82) is 0 Å². The Morgan fingerprint density at radius 3 is 2.96 bits per heavy atom. The quantitative estimate of drug-likeness (QED) is 0.621. The van der Waals surface area contributed by atoms with Crippen molar-refractivity contribution in [3.05, 3.63) is 64.9 Å². The van der Waals surface area contributed by atoms with Crippen LogP contribution in [0.5, 0.6) is 0 Å². The summed E-state index contributed by atoms with van der Waals surface area (Å²) in [5.41, 5.74) is 1.61. The molecule has 124 valence electrons. The Balaban J connectivity index is 1.57. The number of hydrogen-bond acceptors (Lipinski definition) is 5. The first-order chi connectivity index (χ1) is 12.1. The summed E-state index contributed by atoms with van der Waals surface area (Å²) in [6.07, 6.45) is 1.58. The summed E-state index contributed by atoms with van der Waals surface area (Å²) >= 11 is 0. The van der Waals surface area contributed by atoms with Crippen LogP contribution in [0.2, 0.25) is 0 Å². The van der Waals surface area contributed by atoms with Crippen LogP contribution in [0, 0.1) is 6.92 Å². The van der Waals surface area contributed by atoms with Gasteiger partial charge in [0.15, 0.2) is 11.5 Å². The number of hydrogen-bond donors (Lipinski definition) is 1. The van der Waals surface area contributed by atoms with Gasteiger partial charge in [-0.05, 0) is 24.3 Å². The third-order valence-corrected chi connectivity index (χ3v) is 3.83. The highest BCUT2D eigenvalue weighted by molar-refractivity contribution is 5.92. The van der Waals surface area contributed by atoms with E-state index in [-0.39, 0.29) is 18.0 Å². The molecular formula is C18H14N4O3. The summed E-state index contributed by atoms with van der Waals surface area (Å²) in [5, 5.41) is 8.08. The first-order valence-electron chi connectivity index (χ1n) is 7.72. The van der Waals surface area contributed by atoms with Gasteiger partial charge >= 0.3 is 0 Å². The Hall–Kier alpha value is -3.48. The normalized spacial score (nSPS) is 11.1. The van der Waals surface area contributed by atoms with Crippen LogP contribution in [0.1, 0.15) is 5.89 Å². The number of carbonyl (C=O) groups excluding carboxylic acids is 1. The predicted octanol–water partition coefficient (Wildman–Crippen LogP) is 2.48. The molecule has 7 nitrogen and oxygen atoms in total. The molecule has 4 aromatic rings. The number of oxazole rings is 1. The SMILES string of the molecule is Cc1nc2cc(NC(=O)Cn3ncc4ccccc4c3=O)ccc2o1. The van der Waals surface area contributed by atoms with Crippen LogP contribution in [0.15, 0.2) is 57.9 Å². The van der Waals surface area contributed by atoms with Gasteiger partial charge in [0.2, 0.25) is 5.91 Å². The molecule has 4 rings (SSSR count). The molecule has 1 N–H and O–H groups in total. The van der Waals surface area contributed by atoms with Crippen molar-refractivity contribution >= 4 is 33.5 Å². The van der Waals surface area contributed by atoms with Crippen molar-refractivity contribution in [3.63, 3.8) is 0 Å². The van der Waals surface area contributed by atoms with Crippen molar-refractivity contribution in [2.24, 2.45) is 0 Å². The first-order valence-corrected chi connectivity index (χ1v) is 7.72. The lowest BCUT2D eigenvalue weighted by molar-refractivity contribution is -0.117. The number of anilines is 1. The maximum Gasteiger partial charge on any atom is 0.275 e. The molecule has 0 aliphatic rings. The zero-order valence-electron chi connectivity index (χ0n) is 13.4. The smallest absolute Gasteiger partial charge is 0.275 e. The summed E-state index contributed by atoms with van der Waals surface area (Å²) in [4.78, 5) is 28.9. The predicted molar refractivity (Wildman–Crippen MR) is 93.4 cm³/mol. The number of aryl methyl sites for hydroxylation is 1. The second kappa shape index (κ2) is 5.86. The minimum atomic E-state index is -0.343. The van der Waals surface area contributed by atoms with Crippen LogP contribution in [-0.4, -0.2) is 20.7 Å². The second-order valence-electron chi connectivity index (χ2n) is 5.66. The summed E-state index contributed by atoms with van der Waals surface area (Å²) in [5.74, 6) is 0.217. The van der Waals surface area contributed by atoms with E-state index in [1.54, 1.807) is 43.5 Å². The van der Waals surface area contributed by atoms with E-state index in [1.807, 2.05) is 12.1 Å². The van der Waals surface area contributed by atoms with Crippen LogP contribution in [-0.2, 0) is 11.3 Å². The lowest BCUT2D eigenvalue weighted by Gasteiger charge is -2.07. The van der Waals surface area contributed by atoms with E-state index in [1.165, 1.54) is 0 Å². The zero-order valence-corrected chi connectivity index (χ0v) is 13.4. The van der Waals surface area contributed by atoms with Gasteiger partial charge in [0.25, 0.3) is 5.56 Å². The van der Waals surface area contributed by atoms with Gasteiger partial charge in [0, 0.05) is 18.0 Å². The standard InChI is InChI=1S/C18H14N4O3/c1-11-20-15-8-13(6-7-16(15)25-11)21-17(23)10-22-18(24)14-5-3-2-4-12(14)9-19-22/h2-9H,10H2,1H3,(H,21,23). The van der Waals surface area contributed by atoms with Crippen molar-refractivity contribution < 1.29 is 9.21 Å². The Morgan fingerprint density at radius 1 is 1.24 bits per heavy atom. The third-order valence-electron chi connectivity index (χ3n) is 3.83. The van der Waals surface area contributed by atoms with Gasteiger partial charge < -0.3 is 9.73 Å². The number of nitrogens with one attached hydrogen (secondary N) is 1. The summed E-state index contributed by atoms with van der Waals surface area (Å²) < 4.78 is 6.55. The highest BCUT2D eigenvalue weighted by atomic mass is 16.3. The average Bonchev–Trinajstić information content (AvgIpc) is 2.97. The minimum Gasteiger partial charge on any atom is -0.441 e. The molecule has 0 spiro atoms. The highest BCUT2D eigenvalue weighted by Crippen LogP contribution is 2.19. The topological polar surface area (TPSA) is 90.0 Å². The van der Waals surface area contributed by atoms with Crippen molar-refractivity contribution in [2.75, 3.05) is 5.32 Å². The van der Waals surface area contributed by atoms with Crippen LogP contribution >= 0.6 is 0 Å². The van der Waals surface area contributed by atoms with Gasteiger partial charge in [-0.15, -0.1) is 0 Å². The molecule has 0 unspecified atom stereocenters. The minimum absolute atomic E-state index is 0.167. The Labute approximate surface area is 141 Å². The lowest BCUT2D eigenvalue weighted by Crippen LogP contribution is -2.29. The second-order valence-corrected chi connectivity index (χ2v) is 5.66. The largest absolute Gasteiger partial charge is 0.441 e. The third kappa shape index (κ3) is 2.87. The molecule has 0 aliphatic carbocycles. The average molecular weight is 334 g/mol. The van der Waals surface area contributed by atoms with Crippen LogP contribution in [0.4, 0.5) is 5.69 Å². The van der Waals surface area contributed by atoms with Gasteiger partial charge in [-0.3, -0.25) is 9.59 Å². The molecule has 0 atom stereocenters. The summed E-state index contributed by atoms with van der Waals surface area (Å²) in [6.45, 7) is 1.59. The van der Waals surface area contributed by atoms with E-state index >= 15 is 0 Å². The molecule has 2 heterocycles. The van der Waals surface area contributed by atoms with Gasteiger partial charge in [0.1, 0.15) is 12.1 Å². The molecule has 0 radical (unpaired) electrons. The number of fused-ring (bicyclic) bond motifs is 2. The maximum absolute atomic E-state index is 12.4. The van der Waals surface area contributed by atoms with E-state index in [4.69, 9.17) is 4.42 Å². The number of benzene rings is 2. The van der Waals surface area contributed by atoms with Gasteiger partial charge in [-0.25, -0.2) is 9.67 Å². The highest BCUT2D eigenvalue weighted by Gasteiger charge is 2.10. The van der Waals surface area contributed by atoms with Crippen LogP contribution < -0.4 is 10.9 Å². The molecule has 0 saturated heterocycles. The first kappa shape index (κ1) is 15.1. The molecule has 0 fully saturated rings. The fraction of sp³-hybridized carbons (Fsp3) is 0.111. The summed E-state index contributed by atoms with van der Waals surface area (Å²) in [6, 6.07) is 12.3. The Kier molecular flexibility index (Phi) is 3.53. The molecule has 1 amide bonds. The van der Waals surface area contributed by atoms with E-state index in [0.29, 0.717) is 28.1 Å². The fourth-order valence-corrected chi connectivity index (χ4v) is 2.70. The van der Waals surface area contributed by atoms with E-state index in [2.05, 4.69) is 15.4 Å². The zero-order chi connectivity index (χ0) is 17.4. The Bertz CT molecular complexity index is 1160. The van der Waals surface area contributed by atoms with Crippen LogP contribution in [0.25, 0.3) is 21.9 Å². The lowest BCUT2D eigenvalue weighted by atomic mass is 10.2. The van der Waals surface area contributed by atoms with E-state index in [0.717, 1.165) is 10.1 Å². The molecule has 0 bridgehead atoms. The molecular weight excluding hydrogens is 320 g/mol. The molecule has 25 heavy (non-hydrogen) atoms. The number of aromatic nitrogens is 3. The van der Waals surface area contributed by atoms with E-state index in [9.17, 15) is 9.59 Å². The molecule has 0 aliphatic heterocycles. The summed E-state index contributed by atoms with van der Waals surface area (Å²) in [7, 11) is 0. The maximum atomic E-state index is 12.4. The number of carbonyl (C=O) groups is 1. The fourth-order valence-electron chi connectivity index (χ4n) is 2.70. The van der Waals surface area contributed by atoms with Crippen LogP contribution in [0.3, 0.4) is 0 Å². The van der Waals surface area contributed by atoms with Crippen molar-refractivity contribution in [1.82, 2.24) is 14.8 Å². The van der Waals surface area contributed by atoms with Gasteiger partial charge in [-0.2, -0.15) is 5.10 Å². The number of rotatable bonds is 3. The van der Waals surface area contributed by atoms with E-state index < -0.39 is 0 Å². The van der Waals surface area contributed by atoms with Crippen molar-refractivity contribution in [3.8, 4) is 0 Å². The molecule has 0 saturated carbocycles. The number of nitrogens with zero attached hydrogens (tertiary/aromatic N) is 3. The monoisotopic (exact) mass is 334 g/mol. The van der Waals surface area contributed by atoms with Gasteiger partial charge in [0.05, 0.1) is 11.6 Å². The molecule has 2 aromatic heterocycles. The Morgan fingerprint density at radius 2 is 2.08 bits per heavy atom. The number of amides is 1. The molecule has 7 heteroatoms. The van der Waals surface area contributed by atoms with Gasteiger partial charge in [-0.1, -0.05) is 18.2 Å². The molecule has 2 aromatic carbocycles.